The molecule has 0 radical (unpaired) electrons. The van der Waals surface area contributed by atoms with Gasteiger partial charge in [0.05, 0.1) is 0 Å². The molecule has 84 valence electrons. The minimum absolute atomic E-state index is 0.0307. The Balaban J connectivity index is 2.14. The molecule has 1 aromatic rings. The van der Waals surface area contributed by atoms with Crippen LogP contribution in [-0.4, -0.2) is 10.4 Å². The topological polar surface area (TPSA) is 24.1 Å². The van der Waals surface area contributed by atoms with Crippen molar-refractivity contribution >= 4 is 22.8 Å². The number of allylic oxidation sites excluding steroid dienone is 1. The second kappa shape index (κ2) is 4.26. The molecule has 3 heteroatoms. The van der Waals surface area contributed by atoms with E-state index in [2.05, 4.69) is 24.5 Å². The summed E-state index contributed by atoms with van der Waals surface area (Å²) < 4.78 is 0. The van der Waals surface area contributed by atoms with Gasteiger partial charge in [-0.15, -0.1) is 0 Å². The van der Waals surface area contributed by atoms with Crippen LogP contribution in [0.25, 0.3) is 0 Å². The van der Waals surface area contributed by atoms with Crippen LogP contribution in [0, 0.1) is 0 Å². The van der Waals surface area contributed by atoms with Crippen molar-refractivity contribution in [2.75, 3.05) is 5.32 Å². The SMILES string of the molecule is CC1(C)CC(=S)C=C(Nc2ccccc2)N1. The monoisotopic (exact) mass is 232 g/mol. The molecule has 0 saturated heterocycles. The van der Waals surface area contributed by atoms with E-state index in [1.807, 2.05) is 36.4 Å². The molecular weight excluding hydrogens is 216 g/mol. The van der Waals surface area contributed by atoms with E-state index in [0.717, 1.165) is 22.8 Å². The summed E-state index contributed by atoms with van der Waals surface area (Å²) in [7, 11) is 0. The highest BCUT2D eigenvalue weighted by atomic mass is 32.1. The molecule has 1 heterocycles. The highest BCUT2D eigenvalue weighted by Gasteiger charge is 2.24. The van der Waals surface area contributed by atoms with Gasteiger partial charge in [-0.2, -0.15) is 0 Å². The highest BCUT2D eigenvalue weighted by Crippen LogP contribution is 2.19. The molecule has 0 bridgehead atoms. The summed E-state index contributed by atoms with van der Waals surface area (Å²) in [5, 5.41) is 6.76. The van der Waals surface area contributed by atoms with Crippen LogP contribution in [0.15, 0.2) is 42.2 Å². The van der Waals surface area contributed by atoms with Crippen molar-refractivity contribution < 1.29 is 0 Å². The molecule has 0 unspecified atom stereocenters. The lowest BCUT2D eigenvalue weighted by atomic mass is 9.95. The van der Waals surface area contributed by atoms with Crippen LogP contribution in [0.3, 0.4) is 0 Å². The molecule has 0 aliphatic carbocycles. The van der Waals surface area contributed by atoms with E-state index >= 15 is 0 Å². The van der Waals surface area contributed by atoms with Crippen LogP contribution < -0.4 is 10.6 Å². The molecule has 2 N–H and O–H groups in total. The van der Waals surface area contributed by atoms with E-state index in [-0.39, 0.29) is 5.54 Å². The molecule has 0 fully saturated rings. The van der Waals surface area contributed by atoms with Crippen molar-refractivity contribution in [2.45, 2.75) is 25.8 Å². The number of rotatable bonds is 2. The number of benzene rings is 1. The third kappa shape index (κ3) is 2.83. The number of hydrogen-bond donors (Lipinski definition) is 2. The Kier molecular flexibility index (Phi) is 2.97. The zero-order chi connectivity index (χ0) is 11.6. The molecule has 0 saturated carbocycles. The van der Waals surface area contributed by atoms with Gasteiger partial charge in [-0.25, -0.2) is 0 Å². The van der Waals surface area contributed by atoms with Gasteiger partial charge in [-0.05, 0) is 32.1 Å². The van der Waals surface area contributed by atoms with Gasteiger partial charge in [-0.1, -0.05) is 30.4 Å². The summed E-state index contributed by atoms with van der Waals surface area (Å²) >= 11 is 5.29. The molecule has 1 aliphatic heterocycles. The third-order valence-electron chi connectivity index (χ3n) is 2.45. The predicted octanol–water partition coefficient (Wildman–Crippen LogP) is 3.08. The van der Waals surface area contributed by atoms with Crippen molar-refractivity contribution in [1.29, 1.82) is 0 Å². The number of anilines is 1. The number of para-hydroxylation sites is 1. The maximum absolute atomic E-state index is 5.29. The van der Waals surface area contributed by atoms with Crippen molar-refractivity contribution in [1.82, 2.24) is 5.32 Å². The van der Waals surface area contributed by atoms with E-state index in [9.17, 15) is 0 Å². The fourth-order valence-corrected chi connectivity index (χ4v) is 2.32. The number of thiocarbonyl (C=S) groups is 1. The third-order valence-corrected chi connectivity index (χ3v) is 2.71. The van der Waals surface area contributed by atoms with E-state index in [0.29, 0.717) is 0 Å². The Morgan fingerprint density at radius 2 is 1.94 bits per heavy atom. The second-order valence-corrected chi connectivity index (χ2v) is 5.23. The number of hydrogen-bond acceptors (Lipinski definition) is 3. The maximum Gasteiger partial charge on any atom is 0.105 e. The lowest BCUT2D eigenvalue weighted by Crippen LogP contribution is -2.45. The first-order chi connectivity index (χ1) is 7.55. The molecule has 1 aliphatic rings. The Labute approximate surface area is 102 Å². The average molecular weight is 232 g/mol. The largest absolute Gasteiger partial charge is 0.366 e. The van der Waals surface area contributed by atoms with Crippen LogP contribution in [-0.2, 0) is 0 Å². The minimum atomic E-state index is 0.0307. The Morgan fingerprint density at radius 3 is 2.56 bits per heavy atom. The summed E-state index contributed by atoms with van der Waals surface area (Å²) in [6.45, 7) is 4.30. The van der Waals surface area contributed by atoms with Gasteiger partial charge >= 0.3 is 0 Å². The van der Waals surface area contributed by atoms with Crippen LogP contribution in [0.5, 0.6) is 0 Å². The zero-order valence-electron chi connectivity index (χ0n) is 9.58. The van der Waals surface area contributed by atoms with Crippen LogP contribution in [0.4, 0.5) is 5.69 Å². The molecule has 0 amide bonds. The van der Waals surface area contributed by atoms with E-state index in [4.69, 9.17) is 12.2 Å². The van der Waals surface area contributed by atoms with Crippen LogP contribution in [0.2, 0.25) is 0 Å². The first-order valence-electron chi connectivity index (χ1n) is 5.40. The smallest absolute Gasteiger partial charge is 0.105 e. The van der Waals surface area contributed by atoms with Crippen molar-refractivity contribution in [3.05, 3.63) is 42.2 Å². The van der Waals surface area contributed by atoms with Crippen LogP contribution >= 0.6 is 12.2 Å². The van der Waals surface area contributed by atoms with Gasteiger partial charge in [0.2, 0.25) is 0 Å². The lowest BCUT2D eigenvalue weighted by molar-refractivity contribution is 0.441. The molecule has 2 nitrogen and oxygen atoms in total. The Hall–Kier alpha value is -1.35. The van der Waals surface area contributed by atoms with Gasteiger partial charge in [0, 0.05) is 22.5 Å². The quantitative estimate of drug-likeness (QED) is 0.766. The summed E-state index contributed by atoms with van der Waals surface area (Å²) in [6, 6.07) is 10.1. The Morgan fingerprint density at radius 1 is 1.25 bits per heavy atom. The molecule has 16 heavy (non-hydrogen) atoms. The van der Waals surface area contributed by atoms with Crippen molar-refractivity contribution in [2.24, 2.45) is 0 Å². The van der Waals surface area contributed by atoms with E-state index < -0.39 is 0 Å². The van der Waals surface area contributed by atoms with E-state index in [1.165, 1.54) is 0 Å². The fraction of sp³-hybridized carbons (Fsp3) is 0.308. The van der Waals surface area contributed by atoms with Crippen LogP contribution in [0.1, 0.15) is 20.3 Å². The number of nitrogens with one attached hydrogen (secondary N) is 2. The summed E-state index contributed by atoms with van der Waals surface area (Å²) in [5.41, 5.74) is 1.10. The van der Waals surface area contributed by atoms with Crippen molar-refractivity contribution in [3.8, 4) is 0 Å². The second-order valence-electron chi connectivity index (χ2n) is 4.70. The molecular formula is C13H16N2S. The molecule has 0 aromatic heterocycles. The first-order valence-corrected chi connectivity index (χ1v) is 5.81. The average Bonchev–Trinajstić information content (AvgIpc) is 2.15. The summed E-state index contributed by atoms with van der Waals surface area (Å²) in [5.74, 6) is 0.979. The standard InChI is InChI=1S/C13H16N2S/c1-13(2)9-11(16)8-12(15-13)14-10-6-4-3-5-7-10/h3-8,14-15H,9H2,1-2H3. The highest BCUT2D eigenvalue weighted by molar-refractivity contribution is 7.80. The maximum atomic E-state index is 5.29. The van der Waals surface area contributed by atoms with Gasteiger partial charge in [-0.3, -0.25) is 0 Å². The minimum Gasteiger partial charge on any atom is -0.366 e. The predicted molar refractivity (Wildman–Crippen MR) is 72.6 cm³/mol. The zero-order valence-corrected chi connectivity index (χ0v) is 10.4. The van der Waals surface area contributed by atoms with Gasteiger partial charge in [0.15, 0.2) is 0 Å². The Bertz CT molecular complexity index is 421. The lowest BCUT2D eigenvalue weighted by Gasteiger charge is -2.33. The van der Waals surface area contributed by atoms with Gasteiger partial charge in [0.1, 0.15) is 5.82 Å². The molecule has 2 rings (SSSR count). The van der Waals surface area contributed by atoms with Crippen molar-refractivity contribution in [3.63, 3.8) is 0 Å². The molecule has 0 spiro atoms. The summed E-state index contributed by atoms with van der Waals surface area (Å²) in [6.07, 6.45) is 2.90. The van der Waals surface area contributed by atoms with Gasteiger partial charge in [0.25, 0.3) is 0 Å². The summed E-state index contributed by atoms with van der Waals surface area (Å²) in [4.78, 5) is 0.988. The van der Waals surface area contributed by atoms with Gasteiger partial charge < -0.3 is 10.6 Å². The normalized spacial score (nSPS) is 18.6. The molecule has 0 atom stereocenters. The first kappa shape index (κ1) is 11.1. The molecule has 1 aromatic carbocycles. The fourth-order valence-electron chi connectivity index (χ4n) is 1.84. The van der Waals surface area contributed by atoms with E-state index in [1.54, 1.807) is 0 Å².